The highest BCUT2D eigenvalue weighted by Crippen LogP contribution is 2.35. The Balaban J connectivity index is 1.46. The summed E-state index contributed by atoms with van der Waals surface area (Å²) >= 11 is 0. The van der Waals surface area contributed by atoms with Crippen molar-refractivity contribution in [2.45, 2.75) is 33.2 Å². The molecule has 2 amide bonds. The molecule has 2 aliphatic rings. The quantitative estimate of drug-likeness (QED) is 0.874. The minimum atomic E-state index is -0.243. The number of likely N-dealkylation sites (tertiary alicyclic amines) is 1. The van der Waals surface area contributed by atoms with Crippen LogP contribution in [0.5, 0.6) is 17.2 Å². The van der Waals surface area contributed by atoms with Gasteiger partial charge < -0.3 is 24.4 Å². The van der Waals surface area contributed by atoms with E-state index >= 15 is 0 Å². The van der Waals surface area contributed by atoms with Gasteiger partial charge in [0.15, 0.2) is 18.1 Å². The lowest BCUT2D eigenvalue weighted by Gasteiger charge is -2.26. The van der Waals surface area contributed by atoms with Gasteiger partial charge in [-0.05, 0) is 17.5 Å². The fraction of sp³-hybridized carbons (Fsp3) is 0.556. The Morgan fingerprint density at radius 2 is 2.08 bits per heavy atom. The Morgan fingerprint density at radius 1 is 1.32 bits per heavy atom. The van der Waals surface area contributed by atoms with Crippen molar-refractivity contribution in [3.05, 3.63) is 18.2 Å². The van der Waals surface area contributed by atoms with E-state index in [2.05, 4.69) is 26.1 Å². The Morgan fingerprint density at radius 3 is 2.84 bits per heavy atom. The molecule has 1 fully saturated rings. The number of hydrogen-bond donors (Lipinski definition) is 1. The molecule has 0 radical (unpaired) electrons. The van der Waals surface area contributed by atoms with E-state index in [4.69, 9.17) is 14.2 Å². The van der Waals surface area contributed by atoms with E-state index < -0.39 is 0 Å². The fourth-order valence-corrected chi connectivity index (χ4v) is 2.98. The first-order valence-electron chi connectivity index (χ1n) is 8.40. The molecule has 1 N–H and O–H groups in total. The number of hydrogen-bond acceptors (Lipinski definition) is 5. The Hall–Kier alpha value is -2.44. The summed E-state index contributed by atoms with van der Waals surface area (Å²) in [6.07, 6.45) is 0.339. The van der Waals surface area contributed by atoms with Crippen molar-refractivity contribution in [3.63, 3.8) is 0 Å². The number of carbonyl (C=O) groups excluding carboxylic acids is 2. The van der Waals surface area contributed by atoms with Gasteiger partial charge in [-0.25, -0.2) is 0 Å². The molecule has 0 spiro atoms. The molecule has 1 aromatic rings. The lowest BCUT2D eigenvalue weighted by molar-refractivity contribution is -0.128. The monoisotopic (exact) mass is 348 g/mol. The molecule has 0 saturated carbocycles. The second kappa shape index (κ2) is 6.82. The van der Waals surface area contributed by atoms with Crippen LogP contribution in [0.25, 0.3) is 0 Å². The zero-order valence-electron chi connectivity index (χ0n) is 14.8. The zero-order valence-corrected chi connectivity index (χ0v) is 14.8. The minimum Gasteiger partial charge on any atom is -0.484 e. The van der Waals surface area contributed by atoms with Crippen molar-refractivity contribution in [3.8, 4) is 17.2 Å². The van der Waals surface area contributed by atoms with Crippen molar-refractivity contribution in [1.82, 2.24) is 10.2 Å². The molecular weight excluding hydrogens is 324 g/mol. The summed E-state index contributed by atoms with van der Waals surface area (Å²) in [7, 11) is 0. The second-order valence-corrected chi connectivity index (χ2v) is 7.61. The normalized spacial score (nSPS) is 19.2. The Kier molecular flexibility index (Phi) is 4.74. The van der Waals surface area contributed by atoms with Crippen molar-refractivity contribution in [1.29, 1.82) is 0 Å². The standard InChI is InChI=1S/C18H24N2O5/c1-18(2,3)10-20-8-12(6-17(20)22)19-16(21)9-23-13-4-5-14-15(7-13)25-11-24-14/h4-5,7,12H,6,8-11H2,1-3H3,(H,19,21). The largest absolute Gasteiger partial charge is 0.484 e. The molecule has 2 aliphatic heterocycles. The van der Waals surface area contributed by atoms with Crippen LogP contribution in [0.2, 0.25) is 0 Å². The lowest BCUT2D eigenvalue weighted by Crippen LogP contribution is -2.40. The number of ether oxygens (including phenoxy) is 3. The topological polar surface area (TPSA) is 77.1 Å². The van der Waals surface area contributed by atoms with Crippen LogP contribution in [0.15, 0.2) is 18.2 Å². The van der Waals surface area contributed by atoms with E-state index in [9.17, 15) is 9.59 Å². The van der Waals surface area contributed by atoms with Crippen molar-refractivity contribution < 1.29 is 23.8 Å². The van der Waals surface area contributed by atoms with Gasteiger partial charge in [0.1, 0.15) is 5.75 Å². The van der Waals surface area contributed by atoms with E-state index in [1.807, 2.05) is 4.90 Å². The molecule has 0 bridgehead atoms. The van der Waals surface area contributed by atoms with E-state index in [1.165, 1.54) is 0 Å². The first kappa shape index (κ1) is 17.4. The summed E-state index contributed by atoms with van der Waals surface area (Å²) in [4.78, 5) is 25.9. The van der Waals surface area contributed by atoms with Crippen molar-refractivity contribution >= 4 is 11.8 Å². The van der Waals surface area contributed by atoms with Crippen LogP contribution >= 0.6 is 0 Å². The van der Waals surface area contributed by atoms with Gasteiger partial charge in [0, 0.05) is 25.6 Å². The number of carbonyl (C=O) groups is 2. The molecule has 2 heterocycles. The molecule has 25 heavy (non-hydrogen) atoms. The van der Waals surface area contributed by atoms with Crippen molar-refractivity contribution in [2.24, 2.45) is 5.41 Å². The van der Waals surface area contributed by atoms with Gasteiger partial charge in [-0.1, -0.05) is 20.8 Å². The lowest BCUT2D eigenvalue weighted by atomic mass is 9.96. The molecule has 1 saturated heterocycles. The molecule has 1 aromatic carbocycles. The smallest absolute Gasteiger partial charge is 0.258 e. The summed E-state index contributed by atoms with van der Waals surface area (Å²) in [5.41, 5.74) is 0.0387. The van der Waals surface area contributed by atoms with Crippen molar-refractivity contribution in [2.75, 3.05) is 26.5 Å². The molecule has 136 valence electrons. The van der Waals surface area contributed by atoms with Crippen LogP contribution in [-0.4, -0.2) is 49.2 Å². The Labute approximate surface area is 147 Å². The number of amides is 2. The molecular formula is C18H24N2O5. The SMILES string of the molecule is CC(C)(C)CN1CC(NC(=O)COc2ccc3c(c2)OCO3)CC1=O. The van der Waals surface area contributed by atoms with Crippen LogP contribution in [0, 0.1) is 5.41 Å². The number of benzene rings is 1. The summed E-state index contributed by atoms with van der Waals surface area (Å²) in [5.74, 6) is 1.65. The van der Waals surface area contributed by atoms with Gasteiger partial charge in [-0.2, -0.15) is 0 Å². The minimum absolute atomic E-state index is 0.0387. The summed E-state index contributed by atoms with van der Waals surface area (Å²) in [6.45, 7) is 7.59. The van der Waals surface area contributed by atoms with Crippen LogP contribution < -0.4 is 19.5 Å². The molecule has 1 atom stereocenters. The fourth-order valence-electron chi connectivity index (χ4n) is 2.98. The number of rotatable bonds is 5. The highest BCUT2D eigenvalue weighted by atomic mass is 16.7. The maximum absolute atomic E-state index is 12.1. The third-order valence-corrected chi connectivity index (χ3v) is 3.96. The maximum Gasteiger partial charge on any atom is 0.258 e. The van der Waals surface area contributed by atoms with Crippen LogP contribution in [0.1, 0.15) is 27.2 Å². The summed E-state index contributed by atoms with van der Waals surface area (Å²) < 4.78 is 16.0. The van der Waals surface area contributed by atoms with Gasteiger partial charge in [0.05, 0.1) is 6.04 Å². The third kappa shape index (κ3) is 4.55. The van der Waals surface area contributed by atoms with Crippen LogP contribution in [-0.2, 0) is 9.59 Å². The average Bonchev–Trinajstić information content (AvgIpc) is 3.10. The number of nitrogens with zero attached hydrogens (tertiary/aromatic N) is 1. The summed E-state index contributed by atoms with van der Waals surface area (Å²) in [5, 5.41) is 2.87. The molecule has 0 aromatic heterocycles. The van der Waals surface area contributed by atoms with E-state index in [1.54, 1.807) is 18.2 Å². The van der Waals surface area contributed by atoms with Gasteiger partial charge in [-0.15, -0.1) is 0 Å². The Bertz CT molecular complexity index is 668. The predicted molar refractivity (Wildman–Crippen MR) is 90.6 cm³/mol. The molecule has 1 unspecified atom stereocenters. The summed E-state index contributed by atoms with van der Waals surface area (Å²) in [6, 6.07) is 5.00. The first-order chi connectivity index (χ1) is 11.8. The number of nitrogens with one attached hydrogen (secondary N) is 1. The predicted octanol–water partition coefficient (Wildman–Crippen LogP) is 1.56. The van der Waals surface area contributed by atoms with E-state index in [-0.39, 0.29) is 36.7 Å². The maximum atomic E-state index is 12.1. The highest BCUT2D eigenvalue weighted by Gasteiger charge is 2.32. The third-order valence-electron chi connectivity index (χ3n) is 3.96. The number of fused-ring (bicyclic) bond motifs is 1. The molecule has 3 rings (SSSR count). The van der Waals surface area contributed by atoms with Gasteiger partial charge in [-0.3, -0.25) is 9.59 Å². The van der Waals surface area contributed by atoms with Gasteiger partial charge >= 0.3 is 0 Å². The van der Waals surface area contributed by atoms with E-state index in [0.29, 0.717) is 36.8 Å². The van der Waals surface area contributed by atoms with Gasteiger partial charge in [0.25, 0.3) is 5.91 Å². The van der Waals surface area contributed by atoms with Crippen LogP contribution in [0.4, 0.5) is 0 Å². The molecule has 0 aliphatic carbocycles. The average molecular weight is 348 g/mol. The van der Waals surface area contributed by atoms with E-state index in [0.717, 1.165) is 0 Å². The first-order valence-corrected chi connectivity index (χ1v) is 8.40. The highest BCUT2D eigenvalue weighted by molar-refractivity contribution is 5.82. The van der Waals surface area contributed by atoms with Gasteiger partial charge in [0.2, 0.25) is 12.7 Å². The molecule has 7 nitrogen and oxygen atoms in total. The zero-order chi connectivity index (χ0) is 18.0. The second-order valence-electron chi connectivity index (χ2n) is 7.61. The van der Waals surface area contributed by atoms with Crippen LogP contribution in [0.3, 0.4) is 0 Å². The molecule has 7 heteroatoms.